The number of hydrogen-bond acceptors (Lipinski definition) is 2. The Bertz CT molecular complexity index is 225. The second-order valence-corrected chi connectivity index (χ2v) is 2.15. The first kappa shape index (κ1) is 7.28. The predicted molar refractivity (Wildman–Crippen MR) is 40.3 cm³/mol. The molecule has 0 saturated carbocycles. The predicted octanol–water partition coefficient (Wildman–Crippen LogP) is -0.0713. The molecule has 0 aliphatic carbocycles. The molecule has 0 aliphatic heterocycles. The minimum atomic E-state index is -0.582. The van der Waals surface area contributed by atoms with E-state index in [0.717, 1.165) is 0 Å². The highest BCUT2D eigenvalue weighted by atomic mass is 16.3. The number of rotatable bonds is 1. The van der Waals surface area contributed by atoms with Crippen LogP contribution in [0.2, 0.25) is 0 Å². The van der Waals surface area contributed by atoms with Gasteiger partial charge in [0.05, 0.1) is 11.8 Å². The van der Waals surface area contributed by atoms with Crippen LogP contribution in [0.15, 0.2) is 18.3 Å². The van der Waals surface area contributed by atoms with Gasteiger partial charge in [0.2, 0.25) is 0 Å². The van der Waals surface area contributed by atoms with Crippen molar-refractivity contribution >= 4 is 13.3 Å². The van der Waals surface area contributed by atoms with Gasteiger partial charge in [-0.1, -0.05) is 11.5 Å². The van der Waals surface area contributed by atoms with Gasteiger partial charge in [-0.3, -0.25) is 4.98 Å². The van der Waals surface area contributed by atoms with Crippen LogP contribution in [0.1, 0.15) is 18.7 Å². The molecular formula is C7H8BNO. The lowest BCUT2D eigenvalue weighted by atomic mass is 9.92. The molecule has 0 spiro atoms. The Labute approximate surface area is 61.3 Å². The molecule has 0 aromatic carbocycles. The second kappa shape index (κ2) is 2.84. The summed E-state index contributed by atoms with van der Waals surface area (Å²) in [5, 5.41) is 9.06. The number of hydrogen-bond donors (Lipinski definition) is 1. The molecule has 0 amide bonds. The molecule has 50 valence electrons. The van der Waals surface area contributed by atoms with Crippen LogP contribution in [0.5, 0.6) is 0 Å². The Morgan fingerprint density at radius 2 is 2.40 bits per heavy atom. The lowest BCUT2D eigenvalue weighted by molar-refractivity contribution is 0.195. The van der Waals surface area contributed by atoms with Crippen LogP contribution >= 0.6 is 0 Å². The number of aliphatic hydroxyl groups excluding tert-OH is 1. The molecule has 2 radical (unpaired) electrons. The topological polar surface area (TPSA) is 33.1 Å². The Morgan fingerprint density at radius 3 is 2.80 bits per heavy atom. The third-order valence-corrected chi connectivity index (χ3v) is 1.27. The Balaban J connectivity index is 3.03. The molecule has 2 nitrogen and oxygen atoms in total. The zero-order valence-corrected chi connectivity index (χ0v) is 5.78. The van der Waals surface area contributed by atoms with E-state index in [2.05, 4.69) is 4.98 Å². The van der Waals surface area contributed by atoms with E-state index in [-0.39, 0.29) is 0 Å². The Morgan fingerprint density at radius 1 is 1.70 bits per heavy atom. The summed E-state index contributed by atoms with van der Waals surface area (Å²) < 4.78 is 0. The SMILES string of the molecule is [B]c1cccnc1[C@H](C)O. The van der Waals surface area contributed by atoms with Crippen molar-refractivity contribution in [3.8, 4) is 0 Å². The molecule has 0 fully saturated rings. The largest absolute Gasteiger partial charge is 0.387 e. The molecule has 3 heteroatoms. The van der Waals surface area contributed by atoms with Crippen LogP contribution < -0.4 is 5.46 Å². The van der Waals surface area contributed by atoms with Crippen LogP contribution in [0.3, 0.4) is 0 Å². The van der Waals surface area contributed by atoms with Crippen molar-refractivity contribution in [3.63, 3.8) is 0 Å². The van der Waals surface area contributed by atoms with Crippen molar-refractivity contribution in [1.29, 1.82) is 0 Å². The van der Waals surface area contributed by atoms with E-state index in [1.807, 2.05) is 0 Å². The molecule has 0 aliphatic rings. The van der Waals surface area contributed by atoms with Crippen LogP contribution in [0, 0.1) is 0 Å². The number of pyridine rings is 1. The van der Waals surface area contributed by atoms with Crippen LogP contribution in [-0.4, -0.2) is 17.9 Å². The third-order valence-electron chi connectivity index (χ3n) is 1.27. The monoisotopic (exact) mass is 133 g/mol. The van der Waals surface area contributed by atoms with Crippen LogP contribution in [0.25, 0.3) is 0 Å². The molecule has 1 N–H and O–H groups in total. The normalized spacial score (nSPS) is 13.0. The fourth-order valence-corrected chi connectivity index (χ4v) is 0.779. The summed E-state index contributed by atoms with van der Waals surface area (Å²) in [6.45, 7) is 1.64. The van der Waals surface area contributed by atoms with Crippen LogP contribution in [0.4, 0.5) is 0 Å². The van der Waals surface area contributed by atoms with Crippen molar-refractivity contribution in [2.45, 2.75) is 13.0 Å². The van der Waals surface area contributed by atoms with E-state index in [1.165, 1.54) is 0 Å². The molecule has 1 rings (SSSR count). The molecule has 1 atom stereocenters. The molecule has 0 saturated heterocycles. The van der Waals surface area contributed by atoms with Gasteiger partial charge in [-0.25, -0.2) is 0 Å². The fraction of sp³-hybridized carbons (Fsp3) is 0.286. The van der Waals surface area contributed by atoms with Gasteiger partial charge in [0.1, 0.15) is 7.85 Å². The Kier molecular flexibility index (Phi) is 2.07. The first-order valence-electron chi connectivity index (χ1n) is 3.10. The van der Waals surface area contributed by atoms with Gasteiger partial charge in [0.15, 0.2) is 0 Å². The Hall–Kier alpha value is -0.825. The molecule has 1 aromatic rings. The van der Waals surface area contributed by atoms with Crippen molar-refractivity contribution in [1.82, 2.24) is 4.98 Å². The van der Waals surface area contributed by atoms with Crippen LogP contribution in [-0.2, 0) is 0 Å². The van der Waals surface area contributed by atoms with Crippen molar-refractivity contribution in [2.75, 3.05) is 0 Å². The standard InChI is InChI=1S/C7H8BNO/c1-5(10)7-6(8)3-2-4-9-7/h2-5,10H,1H3/t5-/m0/s1. The molecule has 1 aromatic heterocycles. The van der Waals surface area contributed by atoms with Gasteiger partial charge < -0.3 is 5.11 Å². The summed E-state index contributed by atoms with van der Waals surface area (Å²) in [6, 6.07) is 3.45. The molecule has 0 unspecified atom stereocenters. The number of aliphatic hydroxyl groups is 1. The van der Waals surface area contributed by atoms with E-state index >= 15 is 0 Å². The maximum absolute atomic E-state index is 9.06. The van der Waals surface area contributed by atoms with E-state index in [9.17, 15) is 0 Å². The summed E-state index contributed by atoms with van der Waals surface area (Å²) in [5.74, 6) is 0. The second-order valence-electron chi connectivity index (χ2n) is 2.15. The zero-order chi connectivity index (χ0) is 7.56. The molecule has 1 heterocycles. The highest BCUT2D eigenvalue weighted by molar-refractivity contribution is 6.33. The third kappa shape index (κ3) is 1.36. The van der Waals surface area contributed by atoms with Gasteiger partial charge in [-0.15, -0.1) is 0 Å². The number of aromatic nitrogens is 1. The maximum Gasteiger partial charge on any atom is 0.116 e. The van der Waals surface area contributed by atoms with E-state index in [0.29, 0.717) is 11.2 Å². The van der Waals surface area contributed by atoms with Gasteiger partial charge in [0, 0.05) is 6.20 Å². The van der Waals surface area contributed by atoms with E-state index in [1.54, 1.807) is 25.3 Å². The summed E-state index contributed by atoms with van der Waals surface area (Å²) >= 11 is 0. The summed E-state index contributed by atoms with van der Waals surface area (Å²) in [6.07, 6.45) is 1.03. The first-order valence-corrected chi connectivity index (χ1v) is 3.10. The average Bonchev–Trinajstić information content (AvgIpc) is 1.88. The smallest absolute Gasteiger partial charge is 0.116 e. The fourth-order valence-electron chi connectivity index (χ4n) is 0.779. The lowest BCUT2D eigenvalue weighted by Gasteiger charge is -2.05. The van der Waals surface area contributed by atoms with Gasteiger partial charge in [-0.2, -0.15) is 0 Å². The highest BCUT2D eigenvalue weighted by Crippen LogP contribution is 2.02. The zero-order valence-electron chi connectivity index (χ0n) is 5.78. The van der Waals surface area contributed by atoms with Crippen molar-refractivity contribution in [3.05, 3.63) is 24.0 Å². The molecular weight excluding hydrogens is 125 g/mol. The lowest BCUT2D eigenvalue weighted by Crippen LogP contribution is -2.14. The van der Waals surface area contributed by atoms with Crippen molar-refractivity contribution in [2.24, 2.45) is 0 Å². The summed E-state index contributed by atoms with van der Waals surface area (Å²) in [7, 11) is 5.50. The van der Waals surface area contributed by atoms with Gasteiger partial charge in [0.25, 0.3) is 0 Å². The molecule has 0 bridgehead atoms. The maximum atomic E-state index is 9.06. The minimum absolute atomic E-state index is 0.539. The summed E-state index contributed by atoms with van der Waals surface area (Å²) in [5.41, 5.74) is 1.08. The van der Waals surface area contributed by atoms with Gasteiger partial charge >= 0.3 is 0 Å². The number of nitrogens with zero attached hydrogens (tertiary/aromatic N) is 1. The van der Waals surface area contributed by atoms with E-state index < -0.39 is 6.10 Å². The molecule has 10 heavy (non-hydrogen) atoms. The van der Waals surface area contributed by atoms with E-state index in [4.69, 9.17) is 13.0 Å². The first-order chi connectivity index (χ1) is 4.72. The average molecular weight is 133 g/mol. The quantitative estimate of drug-likeness (QED) is 0.544. The van der Waals surface area contributed by atoms with Crippen molar-refractivity contribution < 1.29 is 5.11 Å². The van der Waals surface area contributed by atoms with Gasteiger partial charge in [-0.05, 0) is 13.0 Å². The highest BCUT2D eigenvalue weighted by Gasteiger charge is 2.02. The summed E-state index contributed by atoms with van der Waals surface area (Å²) in [4.78, 5) is 3.90. The minimum Gasteiger partial charge on any atom is -0.387 e.